The maximum atomic E-state index is 12.5. The highest BCUT2D eigenvalue weighted by Crippen LogP contribution is 2.30. The zero-order valence-electron chi connectivity index (χ0n) is 13.7. The van der Waals surface area contributed by atoms with Crippen molar-refractivity contribution in [1.82, 2.24) is 4.90 Å². The van der Waals surface area contributed by atoms with Crippen molar-refractivity contribution in [2.75, 3.05) is 45.3 Å². The molecule has 0 aromatic heterocycles. The van der Waals surface area contributed by atoms with Gasteiger partial charge in [-0.25, -0.2) is 0 Å². The molecule has 7 heteroatoms. The largest absolute Gasteiger partial charge is 0.385 e. The van der Waals surface area contributed by atoms with Gasteiger partial charge in [0.1, 0.15) is 0 Å². The number of ether oxygens (including phenoxy) is 1. The molecule has 1 aromatic carbocycles. The molecule has 0 saturated carbocycles. The molecule has 1 amide bonds. The van der Waals surface area contributed by atoms with E-state index in [4.69, 9.17) is 4.74 Å². The van der Waals surface area contributed by atoms with Crippen LogP contribution in [0.4, 0.5) is 11.4 Å². The fourth-order valence-electron chi connectivity index (χ4n) is 2.83. The number of aryl methyl sites for hydroxylation is 1. The van der Waals surface area contributed by atoms with Gasteiger partial charge in [0.05, 0.1) is 11.5 Å². The predicted octanol–water partition coefficient (Wildman–Crippen LogP) is 1.84. The number of non-ortho nitro benzene ring substituents is 1. The van der Waals surface area contributed by atoms with Crippen LogP contribution in [0.25, 0.3) is 0 Å². The molecule has 1 aliphatic heterocycles. The zero-order valence-corrected chi connectivity index (χ0v) is 13.7. The minimum absolute atomic E-state index is 0.0275. The lowest BCUT2D eigenvalue weighted by molar-refractivity contribution is -0.384. The Labute approximate surface area is 136 Å². The van der Waals surface area contributed by atoms with Gasteiger partial charge in [0, 0.05) is 44.6 Å². The lowest BCUT2D eigenvalue weighted by Crippen LogP contribution is -2.42. The van der Waals surface area contributed by atoms with Crippen LogP contribution in [0.1, 0.15) is 18.4 Å². The van der Waals surface area contributed by atoms with Gasteiger partial charge in [0.2, 0.25) is 5.91 Å². The van der Waals surface area contributed by atoms with E-state index in [0.717, 1.165) is 37.1 Å². The molecule has 0 atom stereocenters. The van der Waals surface area contributed by atoms with Crippen molar-refractivity contribution in [3.05, 3.63) is 33.9 Å². The minimum Gasteiger partial charge on any atom is -0.385 e. The molecule has 1 aromatic rings. The standard InChI is InChI=1S/C16H23N3O4/c1-17(8-4-10-23-2)12-16(20)18-9-3-5-13-11-14(19(21)22)6-7-15(13)18/h6-7,11H,3-5,8-10,12H2,1-2H3. The van der Waals surface area contributed by atoms with Crippen LogP contribution in [0, 0.1) is 10.1 Å². The average molecular weight is 321 g/mol. The first-order chi connectivity index (χ1) is 11.0. The fraction of sp³-hybridized carbons (Fsp3) is 0.562. The Balaban J connectivity index is 2.04. The maximum absolute atomic E-state index is 12.5. The number of hydrogen-bond donors (Lipinski definition) is 0. The summed E-state index contributed by atoms with van der Waals surface area (Å²) in [6.07, 6.45) is 2.47. The van der Waals surface area contributed by atoms with E-state index in [1.54, 1.807) is 24.1 Å². The van der Waals surface area contributed by atoms with Crippen LogP contribution < -0.4 is 4.90 Å². The molecule has 1 heterocycles. The summed E-state index contributed by atoms with van der Waals surface area (Å²) in [6.45, 7) is 2.46. The number of hydrogen-bond acceptors (Lipinski definition) is 5. The third kappa shape index (κ3) is 4.49. The van der Waals surface area contributed by atoms with Crippen molar-refractivity contribution >= 4 is 17.3 Å². The van der Waals surface area contributed by atoms with Gasteiger partial charge >= 0.3 is 0 Å². The second-order valence-electron chi connectivity index (χ2n) is 5.80. The molecule has 1 aliphatic rings. The second-order valence-corrected chi connectivity index (χ2v) is 5.80. The first-order valence-electron chi connectivity index (χ1n) is 7.78. The lowest BCUT2D eigenvalue weighted by Gasteiger charge is -2.30. The van der Waals surface area contributed by atoms with Crippen LogP contribution in [0.3, 0.4) is 0 Å². The van der Waals surface area contributed by atoms with Gasteiger partial charge < -0.3 is 9.64 Å². The van der Waals surface area contributed by atoms with Crippen molar-refractivity contribution in [1.29, 1.82) is 0 Å². The molecule has 0 spiro atoms. The molecule has 0 radical (unpaired) electrons. The number of carbonyl (C=O) groups excluding carboxylic acids is 1. The van der Waals surface area contributed by atoms with Crippen LogP contribution in [0.2, 0.25) is 0 Å². The van der Waals surface area contributed by atoms with E-state index in [0.29, 0.717) is 19.7 Å². The van der Waals surface area contributed by atoms with Crippen molar-refractivity contribution in [3.8, 4) is 0 Å². The smallest absolute Gasteiger partial charge is 0.269 e. The predicted molar refractivity (Wildman–Crippen MR) is 87.8 cm³/mol. The molecule has 0 bridgehead atoms. The van der Waals surface area contributed by atoms with Gasteiger partial charge in [-0.15, -0.1) is 0 Å². The number of nitro groups is 1. The van der Waals surface area contributed by atoms with Gasteiger partial charge in [-0.1, -0.05) is 0 Å². The van der Waals surface area contributed by atoms with Crippen LogP contribution in [-0.2, 0) is 16.0 Å². The van der Waals surface area contributed by atoms with E-state index in [-0.39, 0.29) is 11.6 Å². The van der Waals surface area contributed by atoms with Crippen LogP contribution >= 0.6 is 0 Å². The number of rotatable bonds is 7. The quantitative estimate of drug-likeness (QED) is 0.435. The Morgan fingerprint density at radius 2 is 2.26 bits per heavy atom. The number of nitro benzene ring substituents is 1. The first kappa shape index (κ1) is 17.4. The summed E-state index contributed by atoms with van der Waals surface area (Å²) in [5.74, 6) is 0.0275. The van der Waals surface area contributed by atoms with Gasteiger partial charge in [-0.05, 0) is 37.9 Å². The highest BCUT2D eigenvalue weighted by molar-refractivity contribution is 5.96. The molecule has 126 valence electrons. The number of anilines is 1. The Bertz CT molecular complexity index is 576. The summed E-state index contributed by atoms with van der Waals surface area (Å²) < 4.78 is 5.01. The number of benzene rings is 1. The Morgan fingerprint density at radius 3 is 2.96 bits per heavy atom. The SMILES string of the molecule is COCCCN(C)CC(=O)N1CCCc2cc([N+](=O)[O-])ccc21. The number of likely N-dealkylation sites (N-methyl/N-ethyl adjacent to an activating group) is 1. The lowest BCUT2D eigenvalue weighted by atomic mass is 10.0. The van der Waals surface area contributed by atoms with E-state index in [9.17, 15) is 14.9 Å². The van der Waals surface area contributed by atoms with Gasteiger partial charge in [0.25, 0.3) is 5.69 Å². The molecule has 7 nitrogen and oxygen atoms in total. The first-order valence-corrected chi connectivity index (χ1v) is 7.78. The topological polar surface area (TPSA) is 75.9 Å². The molecule has 0 saturated heterocycles. The summed E-state index contributed by atoms with van der Waals surface area (Å²) in [4.78, 5) is 26.7. The monoisotopic (exact) mass is 321 g/mol. The highest BCUT2D eigenvalue weighted by Gasteiger charge is 2.24. The number of methoxy groups -OCH3 is 1. The molecule has 2 rings (SSSR count). The van der Waals surface area contributed by atoms with Crippen LogP contribution in [0.5, 0.6) is 0 Å². The van der Waals surface area contributed by atoms with E-state index in [1.165, 1.54) is 6.07 Å². The number of amides is 1. The number of carbonyl (C=O) groups is 1. The van der Waals surface area contributed by atoms with Crippen molar-refractivity contribution in [2.24, 2.45) is 0 Å². The van der Waals surface area contributed by atoms with Crippen LogP contribution in [0.15, 0.2) is 18.2 Å². The van der Waals surface area contributed by atoms with Crippen molar-refractivity contribution in [3.63, 3.8) is 0 Å². The Morgan fingerprint density at radius 1 is 1.48 bits per heavy atom. The third-order valence-corrected chi connectivity index (χ3v) is 3.99. The zero-order chi connectivity index (χ0) is 16.8. The van der Waals surface area contributed by atoms with Crippen molar-refractivity contribution in [2.45, 2.75) is 19.3 Å². The van der Waals surface area contributed by atoms with E-state index in [1.807, 2.05) is 11.9 Å². The minimum atomic E-state index is -0.398. The molecule has 23 heavy (non-hydrogen) atoms. The molecule has 0 fully saturated rings. The Kier molecular flexibility index (Phi) is 6.06. The maximum Gasteiger partial charge on any atom is 0.269 e. The summed E-state index contributed by atoms with van der Waals surface area (Å²) in [5, 5.41) is 10.9. The Hall–Kier alpha value is -1.99. The summed E-state index contributed by atoms with van der Waals surface area (Å²) in [6, 6.07) is 4.74. The molecule has 0 unspecified atom stereocenters. The molecule has 0 aliphatic carbocycles. The highest BCUT2D eigenvalue weighted by atomic mass is 16.6. The average Bonchev–Trinajstić information content (AvgIpc) is 2.53. The van der Waals surface area contributed by atoms with Crippen LogP contribution in [-0.4, -0.2) is 56.1 Å². The van der Waals surface area contributed by atoms with E-state index < -0.39 is 4.92 Å². The van der Waals surface area contributed by atoms with E-state index in [2.05, 4.69) is 0 Å². The number of fused-ring (bicyclic) bond motifs is 1. The normalized spacial score (nSPS) is 14.0. The van der Waals surface area contributed by atoms with E-state index >= 15 is 0 Å². The summed E-state index contributed by atoms with van der Waals surface area (Å²) in [5.41, 5.74) is 1.76. The fourth-order valence-corrected chi connectivity index (χ4v) is 2.83. The molecular weight excluding hydrogens is 298 g/mol. The summed E-state index contributed by atoms with van der Waals surface area (Å²) >= 11 is 0. The van der Waals surface area contributed by atoms with Gasteiger partial charge in [-0.3, -0.25) is 19.8 Å². The second kappa shape index (κ2) is 8.03. The third-order valence-electron chi connectivity index (χ3n) is 3.99. The number of nitrogens with zero attached hydrogens (tertiary/aromatic N) is 3. The molecule has 0 N–H and O–H groups in total. The van der Waals surface area contributed by atoms with Gasteiger partial charge in [-0.2, -0.15) is 0 Å². The van der Waals surface area contributed by atoms with Gasteiger partial charge in [0.15, 0.2) is 0 Å². The van der Waals surface area contributed by atoms with Crippen molar-refractivity contribution < 1.29 is 14.5 Å². The molecular formula is C16H23N3O4. The summed E-state index contributed by atoms with van der Waals surface area (Å²) in [7, 11) is 3.57.